The van der Waals surface area contributed by atoms with Crippen molar-refractivity contribution in [2.45, 2.75) is 71.0 Å². The minimum absolute atomic E-state index is 0.0525. The number of carboxylic acid groups (broad SMARTS) is 1. The maximum atomic E-state index is 13.2. The van der Waals surface area contributed by atoms with Crippen molar-refractivity contribution in [2.75, 3.05) is 38.1 Å². The van der Waals surface area contributed by atoms with E-state index in [1.165, 1.54) is 5.56 Å². The number of pyridine rings is 1. The third-order valence-electron chi connectivity index (χ3n) is 7.27. The number of nitrogens with one attached hydrogen (secondary N) is 2. The highest BCUT2D eigenvalue weighted by Gasteiger charge is 2.48. The molecule has 1 amide bonds. The van der Waals surface area contributed by atoms with Gasteiger partial charge in [0.15, 0.2) is 0 Å². The molecule has 2 aromatic rings. The highest BCUT2D eigenvalue weighted by molar-refractivity contribution is 5.83. The molecular weight excluding hydrogens is 537 g/mol. The van der Waals surface area contributed by atoms with E-state index in [0.29, 0.717) is 26.2 Å². The number of fused-ring (bicyclic) bond motifs is 1. The molecule has 1 aromatic carbocycles. The third-order valence-corrected chi connectivity index (χ3v) is 7.27. The zero-order valence-electron chi connectivity index (χ0n) is 23.8. The fourth-order valence-electron chi connectivity index (χ4n) is 4.61. The second-order valence-electron chi connectivity index (χ2n) is 11.1. The first-order valence-electron chi connectivity index (χ1n) is 14.2. The lowest BCUT2D eigenvalue weighted by atomic mass is 9.88. The maximum absolute atomic E-state index is 13.2. The average molecular weight is 579 g/mol. The van der Waals surface area contributed by atoms with Gasteiger partial charge in [0.1, 0.15) is 24.2 Å². The molecule has 3 rings (SSSR count). The van der Waals surface area contributed by atoms with E-state index in [0.717, 1.165) is 69.8 Å². The molecule has 3 N–H and O–H groups in total. The lowest BCUT2D eigenvalue weighted by Gasteiger charge is -2.28. The number of benzene rings is 1. The second kappa shape index (κ2) is 15.0. The molecule has 226 valence electrons. The maximum Gasteiger partial charge on any atom is 0.394 e. The molecule has 0 bridgehead atoms. The molecule has 1 atom stereocenters. The van der Waals surface area contributed by atoms with Crippen LogP contribution in [0.5, 0.6) is 5.75 Å². The van der Waals surface area contributed by atoms with Gasteiger partial charge in [-0.25, -0.2) is 9.78 Å². The van der Waals surface area contributed by atoms with Crippen LogP contribution in [0.1, 0.15) is 57.2 Å². The first-order chi connectivity index (χ1) is 19.4. The summed E-state index contributed by atoms with van der Waals surface area (Å²) in [7, 11) is 0. The summed E-state index contributed by atoms with van der Waals surface area (Å²) in [6, 6.07) is 12.2. The summed E-state index contributed by atoms with van der Waals surface area (Å²) in [5, 5.41) is 15.3. The Morgan fingerprint density at radius 1 is 1.10 bits per heavy atom. The second-order valence-corrected chi connectivity index (χ2v) is 11.1. The summed E-state index contributed by atoms with van der Waals surface area (Å²) in [6.07, 6.45) is -0.702. The van der Waals surface area contributed by atoms with Gasteiger partial charge < -0.3 is 20.5 Å². The Morgan fingerprint density at radius 2 is 1.85 bits per heavy atom. The number of hydrogen-bond acceptors (Lipinski definition) is 6. The largest absolute Gasteiger partial charge is 0.492 e. The lowest BCUT2D eigenvalue weighted by molar-refractivity contribution is -0.213. The molecule has 0 radical (unpaired) electrons. The highest BCUT2D eigenvalue weighted by Crippen LogP contribution is 2.40. The van der Waals surface area contributed by atoms with Crippen molar-refractivity contribution in [3.63, 3.8) is 0 Å². The third kappa shape index (κ3) is 10.5. The van der Waals surface area contributed by atoms with Crippen molar-refractivity contribution in [3.05, 3.63) is 53.7 Å². The minimum Gasteiger partial charge on any atom is -0.492 e. The molecule has 41 heavy (non-hydrogen) atoms. The molecule has 0 saturated heterocycles. The number of carboxylic acids is 1. The molecule has 1 aliphatic rings. The van der Waals surface area contributed by atoms with Gasteiger partial charge in [-0.15, -0.1) is 0 Å². The molecule has 0 spiro atoms. The van der Waals surface area contributed by atoms with E-state index in [-0.39, 0.29) is 6.42 Å². The number of anilines is 1. The van der Waals surface area contributed by atoms with Gasteiger partial charge in [0.05, 0.1) is 5.41 Å². The number of para-hydroxylation sites is 1. The summed E-state index contributed by atoms with van der Waals surface area (Å²) < 4.78 is 45.4. The Labute approximate surface area is 239 Å². The van der Waals surface area contributed by atoms with Crippen molar-refractivity contribution < 1.29 is 32.6 Å². The molecule has 2 heterocycles. The molecule has 8 nitrogen and oxygen atoms in total. The lowest BCUT2D eigenvalue weighted by Crippen LogP contribution is -2.46. The summed E-state index contributed by atoms with van der Waals surface area (Å²) >= 11 is 0. The SMILES string of the molecule is CC(C)(CC(=O)NC(CCN(CCCCc1ccc2c(n1)NCCC2)CCOc1ccccc1)C(=O)O)C(F)(F)F. The van der Waals surface area contributed by atoms with Gasteiger partial charge in [-0.1, -0.05) is 38.1 Å². The van der Waals surface area contributed by atoms with Crippen LogP contribution in [0.3, 0.4) is 0 Å². The van der Waals surface area contributed by atoms with Crippen molar-refractivity contribution >= 4 is 17.7 Å². The average Bonchev–Trinajstić information content (AvgIpc) is 2.92. The number of hydrogen-bond donors (Lipinski definition) is 3. The van der Waals surface area contributed by atoms with E-state index >= 15 is 0 Å². The van der Waals surface area contributed by atoms with Gasteiger partial charge in [0.25, 0.3) is 0 Å². The summed E-state index contributed by atoms with van der Waals surface area (Å²) in [4.78, 5) is 30.9. The number of alkyl halides is 3. The van der Waals surface area contributed by atoms with E-state index in [9.17, 15) is 27.9 Å². The van der Waals surface area contributed by atoms with Crippen LogP contribution in [0.4, 0.5) is 19.0 Å². The van der Waals surface area contributed by atoms with E-state index in [1.54, 1.807) is 0 Å². The van der Waals surface area contributed by atoms with Crippen LogP contribution in [-0.2, 0) is 22.4 Å². The summed E-state index contributed by atoms with van der Waals surface area (Å²) in [6.45, 7) is 4.69. The van der Waals surface area contributed by atoms with Crippen LogP contribution in [0.25, 0.3) is 0 Å². The first kappa shape index (κ1) is 32.2. The van der Waals surface area contributed by atoms with E-state index in [1.807, 2.05) is 30.3 Å². The van der Waals surface area contributed by atoms with Gasteiger partial charge in [0.2, 0.25) is 5.91 Å². The number of aromatic nitrogens is 1. The van der Waals surface area contributed by atoms with Crippen LogP contribution in [0, 0.1) is 5.41 Å². The van der Waals surface area contributed by atoms with Gasteiger partial charge in [-0.3, -0.25) is 9.69 Å². The Bertz CT molecular complexity index is 1130. The van der Waals surface area contributed by atoms with E-state index < -0.39 is 35.9 Å². The van der Waals surface area contributed by atoms with Crippen LogP contribution < -0.4 is 15.4 Å². The van der Waals surface area contributed by atoms with Gasteiger partial charge in [-0.2, -0.15) is 13.2 Å². The summed E-state index contributed by atoms with van der Waals surface area (Å²) in [5.41, 5.74) is 0.00313. The molecule has 0 fully saturated rings. The number of unbranched alkanes of at least 4 members (excludes halogenated alkanes) is 1. The number of halogens is 3. The number of ether oxygens (including phenoxy) is 1. The normalized spacial score (nSPS) is 14.2. The molecular formula is C30H41F3N4O4. The molecule has 0 saturated carbocycles. The van der Waals surface area contributed by atoms with Crippen LogP contribution in [0.15, 0.2) is 42.5 Å². The number of carbonyl (C=O) groups excluding carboxylic acids is 1. The van der Waals surface area contributed by atoms with Crippen molar-refractivity contribution in [3.8, 4) is 5.75 Å². The molecule has 11 heteroatoms. The number of amides is 1. The number of rotatable bonds is 16. The van der Waals surface area contributed by atoms with Gasteiger partial charge in [-0.05, 0) is 68.8 Å². The Balaban J connectivity index is 1.53. The van der Waals surface area contributed by atoms with E-state index in [2.05, 4.69) is 27.7 Å². The smallest absolute Gasteiger partial charge is 0.394 e. The fourth-order valence-corrected chi connectivity index (χ4v) is 4.61. The number of carbonyl (C=O) groups is 2. The molecule has 1 unspecified atom stereocenters. The predicted molar refractivity (Wildman–Crippen MR) is 151 cm³/mol. The topological polar surface area (TPSA) is 104 Å². The monoisotopic (exact) mass is 578 g/mol. The first-order valence-corrected chi connectivity index (χ1v) is 14.2. The molecule has 1 aromatic heterocycles. The van der Waals surface area contributed by atoms with Crippen LogP contribution >= 0.6 is 0 Å². The van der Waals surface area contributed by atoms with Crippen molar-refractivity contribution in [1.29, 1.82) is 0 Å². The van der Waals surface area contributed by atoms with Crippen LogP contribution in [-0.4, -0.2) is 71.9 Å². The number of nitrogens with zero attached hydrogens (tertiary/aromatic N) is 2. The van der Waals surface area contributed by atoms with E-state index in [4.69, 9.17) is 9.72 Å². The minimum atomic E-state index is -4.58. The fraction of sp³-hybridized carbons (Fsp3) is 0.567. The van der Waals surface area contributed by atoms with Gasteiger partial charge in [0, 0.05) is 31.7 Å². The quantitative estimate of drug-likeness (QED) is 0.239. The molecule has 0 aliphatic carbocycles. The summed E-state index contributed by atoms with van der Waals surface area (Å²) in [5.74, 6) is -0.530. The van der Waals surface area contributed by atoms with Crippen molar-refractivity contribution in [1.82, 2.24) is 15.2 Å². The molecule has 1 aliphatic heterocycles. The predicted octanol–water partition coefficient (Wildman–Crippen LogP) is 5.08. The van der Waals surface area contributed by atoms with Crippen LogP contribution in [0.2, 0.25) is 0 Å². The van der Waals surface area contributed by atoms with Crippen molar-refractivity contribution in [2.24, 2.45) is 5.41 Å². The number of aliphatic carboxylic acids is 1. The zero-order chi connectivity index (χ0) is 29.9. The standard InChI is InChI=1S/C30H41F3N4O4/c1-29(2,30(31,32)33)21-26(38)36-25(28(39)40)15-18-37(19-20-41-24-11-4-3-5-12-24)17-7-6-10-23-14-13-22-9-8-16-34-27(22)35-23/h3-5,11-14,25H,6-10,15-21H2,1-2H3,(H,34,35)(H,36,38)(H,39,40). The Morgan fingerprint density at radius 3 is 2.56 bits per heavy atom. The number of aryl methyl sites for hydroxylation is 2. The highest BCUT2D eigenvalue weighted by atomic mass is 19.4. The Kier molecular flexibility index (Phi) is 11.8. The Hall–Kier alpha value is -3.34. The van der Waals surface area contributed by atoms with Gasteiger partial charge >= 0.3 is 12.1 Å². The zero-order valence-corrected chi connectivity index (χ0v) is 23.8.